The van der Waals surface area contributed by atoms with E-state index in [1.807, 2.05) is 37.3 Å². The van der Waals surface area contributed by atoms with Gasteiger partial charge in [0.2, 0.25) is 5.90 Å². The topological polar surface area (TPSA) is 47.6 Å². The minimum Gasteiger partial charge on any atom is -0.439 e. The molecule has 2 N–H and O–H groups in total. The summed E-state index contributed by atoms with van der Waals surface area (Å²) in [5, 5.41) is 0. The van der Waals surface area contributed by atoms with Crippen LogP contribution in [0.25, 0.3) is 0 Å². The highest BCUT2D eigenvalue weighted by Crippen LogP contribution is 2.27. The van der Waals surface area contributed by atoms with E-state index in [1.54, 1.807) is 0 Å². The molecular weight excluding hydrogens is 303 g/mol. The third-order valence-corrected chi connectivity index (χ3v) is 3.98. The van der Waals surface area contributed by atoms with Gasteiger partial charge < -0.3 is 10.5 Å². The van der Waals surface area contributed by atoms with Crippen molar-refractivity contribution in [1.29, 1.82) is 0 Å². The van der Waals surface area contributed by atoms with Crippen molar-refractivity contribution in [2.45, 2.75) is 46.3 Å². The minimum absolute atomic E-state index is 0.0191. The number of halogens is 1. The number of benzene rings is 1. The highest BCUT2D eigenvalue weighted by Gasteiger charge is 2.21. The molecule has 2 atom stereocenters. The Morgan fingerprint density at radius 2 is 2.25 bits per heavy atom. The van der Waals surface area contributed by atoms with Gasteiger partial charge in [-0.05, 0) is 37.1 Å². The van der Waals surface area contributed by atoms with Gasteiger partial charge in [-0.3, -0.25) is 4.99 Å². The van der Waals surface area contributed by atoms with Crippen LogP contribution in [-0.4, -0.2) is 18.5 Å². The number of ether oxygens (including phenoxy) is 1. The number of aliphatic imine (C=N–C) groups is 1. The van der Waals surface area contributed by atoms with Crippen molar-refractivity contribution in [3.63, 3.8) is 0 Å². The van der Waals surface area contributed by atoms with E-state index in [4.69, 9.17) is 10.5 Å². The Morgan fingerprint density at radius 3 is 2.83 bits per heavy atom. The van der Waals surface area contributed by atoms with Gasteiger partial charge in [0.05, 0.1) is 6.54 Å². The van der Waals surface area contributed by atoms with Crippen LogP contribution in [0.1, 0.15) is 38.3 Å². The Bertz CT molecular complexity index is 649. The van der Waals surface area contributed by atoms with Crippen LogP contribution in [0.5, 0.6) is 5.75 Å². The number of nitrogens with zero attached hydrogens (tertiary/aromatic N) is 1. The zero-order chi connectivity index (χ0) is 17.6. The van der Waals surface area contributed by atoms with Gasteiger partial charge in [-0.15, -0.1) is 0 Å². The van der Waals surface area contributed by atoms with E-state index < -0.39 is 6.67 Å². The Hall–Kier alpha value is -1.94. The Balaban J connectivity index is 2.08. The van der Waals surface area contributed by atoms with Crippen molar-refractivity contribution in [3.05, 3.63) is 53.6 Å². The van der Waals surface area contributed by atoms with Crippen molar-refractivity contribution in [2.75, 3.05) is 6.54 Å². The van der Waals surface area contributed by atoms with Crippen molar-refractivity contribution >= 4 is 5.90 Å². The molecule has 24 heavy (non-hydrogen) atoms. The monoisotopic (exact) mass is 330 g/mol. The molecule has 0 radical (unpaired) electrons. The molecular formula is C20H27FN2O. The van der Waals surface area contributed by atoms with Crippen LogP contribution in [-0.2, 0) is 13.1 Å². The maximum Gasteiger partial charge on any atom is 0.214 e. The lowest BCUT2D eigenvalue weighted by atomic mass is 9.88. The first kappa shape index (κ1) is 18.4. The summed E-state index contributed by atoms with van der Waals surface area (Å²) >= 11 is 0. The molecule has 0 aliphatic carbocycles. The molecule has 0 fully saturated rings. The van der Waals surface area contributed by atoms with Gasteiger partial charge in [0, 0.05) is 17.0 Å². The van der Waals surface area contributed by atoms with E-state index in [0.29, 0.717) is 23.8 Å². The van der Waals surface area contributed by atoms with E-state index in [9.17, 15) is 4.39 Å². The second-order valence-corrected chi connectivity index (χ2v) is 6.64. The predicted octanol–water partition coefficient (Wildman–Crippen LogP) is 4.37. The van der Waals surface area contributed by atoms with E-state index in [1.165, 1.54) is 0 Å². The Morgan fingerprint density at radius 1 is 1.46 bits per heavy atom. The average Bonchev–Trinajstić information content (AvgIpc) is 2.57. The third kappa shape index (κ3) is 5.03. The number of hydrogen-bond donors (Lipinski definition) is 1. The van der Waals surface area contributed by atoms with E-state index in [0.717, 1.165) is 18.4 Å². The van der Waals surface area contributed by atoms with E-state index in [2.05, 4.69) is 31.0 Å². The van der Waals surface area contributed by atoms with Gasteiger partial charge in [0.1, 0.15) is 12.4 Å². The molecule has 1 aromatic carbocycles. The van der Waals surface area contributed by atoms with Crippen LogP contribution in [0.2, 0.25) is 0 Å². The van der Waals surface area contributed by atoms with Gasteiger partial charge in [-0.1, -0.05) is 44.6 Å². The molecule has 0 spiro atoms. The summed E-state index contributed by atoms with van der Waals surface area (Å²) in [5.41, 5.74) is 7.30. The molecule has 0 aromatic heterocycles. The Kier molecular flexibility index (Phi) is 6.32. The van der Waals surface area contributed by atoms with E-state index >= 15 is 0 Å². The molecule has 1 aliphatic heterocycles. The fraction of sp³-hybridized carbons (Fsp3) is 0.450. The summed E-state index contributed by atoms with van der Waals surface area (Å²) < 4.78 is 19.1. The second kappa shape index (κ2) is 8.25. The van der Waals surface area contributed by atoms with Crippen LogP contribution in [0.15, 0.2) is 47.5 Å². The summed E-state index contributed by atoms with van der Waals surface area (Å²) in [7, 11) is 0. The maximum atomic E-state index is 13.3. The van der Waals surface area contributed by atoms with Crippen molar-refractivity contribution in [1.82, 2.24) is 0 Å². The number of alkyl halides is 1. The van der Waals surface area contributed by atoms with Gasteiger partial charge >= 0.3 is 0 Å². The highest BCUT2D eigenvalue weighted by atomic mass is 19.1. The van der Waals surface area contributed by atoms with Gasteiger partial charge in [0.15, 0.2) is 0 Å². The first-order valence-corrected chi connectivity index (χ1v) is 8.50. The second-order valence-electron chi connectivity index (χ2n) is 6.64. The molecule has 0 amide bonds. The Labute approximate surface area is 144 Å². The van der Waals surface area contributed by atoms with Crippen LogP contribution < -0.4 is 10.5 Å². The molecule has 1 heterocycles. The van der Waals surface area contributed by atoms with Gasteiger partial charge in [0.25, 0.3) is 0 Å². The first-order chi connectivity index (χ1) is 11.5. The lowest BCUT2D eigenvalue weighted by Crippen LogP contribution is -2.23. The molecule has 1 aromatic rings. The molecule has 1 aliphatic rings. The normalized spacial score (nSPS) is 21.8. The standard InChI is InChI=1S/C20H27FN2O/c1-4-5-16-6-7-18(17(12-16)13-21)24-19-9-11-20(3,14-23-19)10-8-15(2)22/h6-12,15H,4-5,13-14,22H2,1-3H3/b10-8+/t15-,20?/m0/s1. The fourth-order valence-electron chi connectivity index (χ4n) is 2.56. The predicted molar refractivity (Wildman–Crippen MR) is 98.2 cm³/mol. The summed E-state index contributed by atoms with van der Waals surface area (Å²) in [6.07, 6.45) is 9.92. The minimum atomic E-state index is -0.543. The van der Waals surface area contributed by atoms with Crippen molar-refractivity contribution in [2.24, 2.45) is 16.1 Å². The molecule has 0 bridgehead atoms. The van der Waals surface area contributed by atoms with Crippen LogP contribution >= 0.6 is 0 Å². The quantitative estimate of drug-likeness (QED) is 0.788. The van der Waals surface area contributed by atoms with Crippen LogP contribution in [0, 0.1) is 5.41 Å². The largest absolute Gasteiger partial charge is 0.439 e. The molecule has 130 valence electrons. The zero-order valence-corrected chi connectivity index (χ0v) is 14.8. The highest BCUT2D eigenvalue weighted by molar-refractivity contribution is 5.90. The van der Waals surface area contributed by atoms with Gasteiger partial charge in [-0.25, -0.2) is 4.39 Å². The number of dihydropyridines is 1. The summed E-state index contributed by atoms with van der Waals surface area (Å²) in [6, 6.07) is 5.72. The number of hydrogen-bond acceptors (Lipinski definition) is 3. The maximum absolute atomic E-state index is 13.3. The third-order valence-electron chi connectivity index (χ3n) is 3.98. The number of aryl methyl sites for hydroxylation is 1. The number of nitrogens with two attached hydrogens (primary N) is 1. The first-order valence-electron chi connectivity index (χ1n) is 8.50. The number of rotatable bonds is 6. The average molecular weight is 330 g/mol. The smallest absolute Gasteiger partial charge is 0.214 e. The molecule has 0 saturated carbocycles. The molecule has 3 nitrogen and oxygen atoms in total. The van der Waals surface area contributed by atoms with Crippen LogP contribution in [0.3, 0.4) is 0 Å². The molecule has 2 rings (SSSR count). The van der Waals surface area contributed by atoms with Gasteiger partial charge in [-0.2, -0.15) is 0 Å². The summed E-state index contributed by atoms with van der Waals surface area (Å²) in [5.74, 6) is 1.05. The van der Waals surface area contributed by atoms with Crippen LogP contribution in [0.4, 0.5) is 4.39 Å². The van der Waals surface area contributed by atoms with Crippen molar-refractivity contribution < 1.29 is 9.13 Å². The molecule has 0 saturated heterocycles. The van der Waals surface area contributed by atoms with E-state index in [-0.39, 0.29) is 11.5 Å². The van der Waals surface area contributed by atoms with Crippen molar-refractivity contribution in [3.8, 4) is 5.75 Å². The molecule has 1 unspecified atom stereocenters. The fourth-order valence-corrected chi connectivity index (χ4v) is 2.56. The lowest BCUT2D eigenvalue weighted by Gasteiger charge is -2.24. The summed E-state index contributed by atoms with van der Waals surface area (Å²) in [4.78, 5) is 4.48. The molecule has 4 heteroatoms. The lowest BCUT2D eigenvalue weighted by molar-refractivity contribution is 0.458. The SMILES string of the molecule is CCCc1ccc(OC2=NCC(C)(/C=C/[C@H](C)N)C=C2)c(CF)c1. The zero-order valence-electron chi connectivity index (χ0n) is 14.8. The summed E-state index contributed by atoms with van der Waals surface area (Å²) in [6.45, 7) is 6.18.